The van der Waals surface area contributed by atoms with Crippen LogP contribution in [0.3, 0.4) is 0 Å². The van der Waals surface area contributed by atoms with Gasteiger partial charge in [-0.2, -0.15) is 0 Å². The first-order valence-corrected chi connectivity index (χ1v) is 5.20. The van der Waals surface area contributed by atoms with E-state index in [-0.39, 0.29) is 5.91 Å². The fraction of sp³-hybridized carbons (Fsp3) is 0.444. The second kappa shape index (κ2) is 4.07. The molecule has 0 spiro atoms. The first-order chi connectivity index (χ1) is 5.69. The summed E-state index contributed by atoms with van der Waals surface area (Å²) in [5.41, 5.74) is 2.20. The molecular weight excluding hydrogens is 265 g/mol. The van der Waals surface area contributed by atoms with Crippen molar-refractivity contribution in [2.24, 2.45) is 0 Å². The van der Waals surface area contributed by atoms with E-state index in [1.807, 2.05) is 19.9 Å². The molecule has 66 valence electrons. The van der Waals surface area contributed by atoms with Crippen LogP contribution < -0.4 is 5.32 Å². The van der Waals surface area contributed by atoms with Crippen molar-refractivity contribution in [3.05, 3.63) is 23.4 Å². The summed E-state index contributed by atoms with van der Waals surface area (Å²) in [4.78, 5) is 11.1. The number of hydrogen-bond acceptors (Lipinski definition) is 1. The highest BCUT2D eigenvalue weighted by Crippen LogP contribution is 2.26. The molecule has 0 aromatic heterocycles. The number of carbonyl (C=O) groups excluding carboxylic acids is 1. The van der Waals surface area contributed by atoms with E-state index >= 15 is 0 Å². The monoisotopic (exact) mass is 277 g/mol. The summed E-state index contributed by atoms with van der Waals surface area (Å²) in [5, 5.41) is 2.85. The predicted molar refractivity (Wildman–Crippen MR) is 58.1 cm³/mol. The Kier molecular flexibility index (Phi) is 3.31. The van der Waals surface area contributed by atoms with Crippen LogP contribution in [0.25, 0.3) is 0 Å². The number of rotatable bonds is 0. The lowest BCUT2D eigenvalue weighted by atomic mass is 10.0. The molecule has 3 heteroatoms. The van der Waals surface area contributed by atoms with Crippen LogP contribution in [0.2, 0.25) is 0 Å². The van der Waals surface area contributed by atoms with Gasteiger partial charge in [-0.25, -0.2) is 0 Å². The van der Waals surface area contributed by atoms with Gasteiger partial charge in [0.25, 0.3) is 0 Å². The lowest BCUT2D eigenvalue weighted by molar-refractivity contribution is -0.120. The Morgan fingerprint density at radius 1 is 1.50 bits per heavy atom. The Labute approximate surface area is 86.2 Å². The minimum Gasteiger partial charge on any atom is -0.326 e. The van der Waals surface area contributed by atoms with Crippen LogP contribution in [0, 0.1) is 0 Å². The summed E-state index contributed by atoms with van der Waals surface area (Å²) in [5.74, 6) is 0.119. The molecule has 0 aromatic rings. The number of piperidine rings is 1. The Bertz CT molecular complexity index is 255. The van der Waals surface area contributed by atoms with Gasteiger partial charge in [0, 0.05) is 16.0 Å². The van der Waals surface area contributed by atoms with Crippen molar-refractivity contribution in [2.75, 3.05) is 0 Å². The van der Waals surface area contributed by atoms with Crippen molar-refractivity contribution in [3.63, 3.8) is 0 Å². The van der Waals surface area contributed by atoms with Crippen LogP contribution in [-0.4, -0.2) is 9.83 Å². The van der Waals surface area contributed by atoms with Crippen LogP contribution in [0.1, 0.15) is 20.3 Å². The van der Waals surface area contributed by atoms with Crippen LogP contribution in [-0.2, 0) is 4.79 Å². The van der Waals surface area contributed by atoms with Gasteiger partial charge in [0.05, 0.1) is 0 Å². The van der Waals surface area contributed by atoms with Gasteiger partial charge in [-0.3, -0.25) is 4.79 Å². The minimum atomic E-state index is 0.119. The quantitative estimate of drug-likeness (QED) is 0.533. The highest BCUT2D eigenvalue weighted by molar-refractivity contribution is 14.1. The third kappa shape index (κ3) is 1.88. The van der Waals surface area contributed by atoms with Crippen molar-refractivity contribution in [3.8, 4) is 0 Å². The molecule has 1 aliphatic heterocycles. The molecule has 1 amide bonds. The fourth-order valence-corrected chi connectivity index (χ4v) is 2.39. The van der Waals surface area contributed by atoms with E-state index in [1.54, 1.807) is 0 Å². The average Bonchev–Trinajstić information content (AvgIpc) is 2.03. The largest absolute Gasteiger partial charge is 0.326 e. The van der Waals surface area contributed by atoms with Crippen molar-refractivity contribution in [1.82, 2.24) is 5.32 Å². The summed E-state index contributed by atoms with van der Waals surface area (Å²) in [6.07, 6.45) is 4.60. The highest BCUT2D eigenvalue weighted by atomic mass is 127. The van der Waals surface area contributed by atoms with Gasteiger partial charge in [0.2, 0.25) is 5.91 Å². The Morgan fingerprint density at radius 2 is 2.17 bits per heavy atom. The maximum Gasteiger partial charge on any atom is 0.225 e. The van der Waals surface area contributed by atoms with E-state index in [2.05, 4.69) is 34.0 Å². The number of halogens is 1. The van der Waals surface area contributed by atoms with Crippen molar-refractivity contribution < 1.29 is 4.79 Å². The number of alkyl halides is 1. The maximum atomic E-state index is 11.1. The van der Waals surface area contributed by atoms with Gasteiger partial charge in [0.1, 0.15) is 0 Å². The molecule has 0 saturated carbocycles. The van der Waals surface area contributed by atoms with E-state index in [9.17, 15) is 4.79 Å². The SMILES string of the molecule is C/C=C1/NC(=O)CC(I)/C1=C/C. The first kappa shape index (κ1) is 9.77. The molecule has 0 aromatic carbocycles. The Morgan fingerprint density at radius 3 is 2.67 bits per heavy atom. The molecule has 2 nitrogen and oxygen atoms in total. The molecule has 1 aliphatic rings. The molecule has 1 atom stereocenters. The number of hydrogen-bond donors (Lipinski definition) is 1. The van der Waals surface area contributed by atoms with Crippen LogP contribution in [0.15, 0.2) is 23.4 Å². The normalized spacial score (nSPS) is 30.9. The molecule has 1 fully saturated rings. The molecule has 1 unspecified atom stereocenters. The van der Waals surface area contributed by atoms with Gasteiger partial charge in [-0.1, -0.05) is 34.7 Å². The summed E-state index contributed by atoms with van der Waals surface area (Å²) >= 11 is 2.30. The van der Waals surface area contributed by atoms with Crippen molar-refractivity contribution in [1.29, 1.82) is 0 Å². The standard InChI is InChI=1S/C9H12INO/c1-3-6-7(10)5-9(12)11-8(6)4-2/h3-4,7H,5H2,1-2H3,(H,11,12)/b6-3-,8-4+. The highest BCUT2D eigenvalue weighted by Gasteiger charge is 2.23. The number of allylic oxidation sites excluding steroid dienone is 3. The van der Waals surface area contributed by atoms with Gasteiger partial charge in [-0.05, 0) is 19.4 Å². The Hall–Kier alpha value is -0.320. The molecule has 1 rings (SSSR count). The molecule has 1 heterocycles. The molecule has 1 saturated heterocycles. The minimum absolute atomic E-state index is 0.119. The smallest absolute Gasteiger partial charge is 0.225 e. The molecule has 12 heavy (non-hydrogen) atoms. The van der Waals surface area contributed by atoms with Gasteiger partial charge in [-0.15, -0.1) is 0 Å². The van der Waals surface area contributed by atoms with E-state index in [0.29, 0.717) is 10.3 Å². The lowest BCUT2D eigenvalue weighted by Gasteiger charge is -2.23. The summed E-state index contributed by atoms with van der Waals surface area (Å²) in [6.45, 7) is 3.94. The topological polar surface area (TPSA) is 29.1 Å². The zero-order valence-corrected chi connectivity index (χ0v) is 9.38. The Balaban J connectivity index is 2.93. The maximum absolute atomic E-state index is 11.1. The first-order valence-electron chi connectivity index (χ1n) is 3.95. The fourth-order valence-electron chi connectivity index (χ4n) is 1.29. The summed E-state index contributed by atoms with van der Waals surface area (Å²) in [7, 11) is 0. The van der Waals surface area contributed by atoms with Crippen molar-refractivity contribution >= 4 is 28.5 Å². The van der Waals surface area contributed by atoms with E-state index < -0.39 is 0 Å². The van der Waals surface area contributed by atoms with E-state index in [0.717, 1.165) is 5.70 Å². The van der Waals surface area contributed by atoms with Gasteiger partial charge in [0.15, 0.2) is 0 Å². The van der Waals surface area contributed by atoms with E-state index in [1.165, 1.54) is 5.57 Å². The average molecular weight is 277 g/mol. The van der Waals surface area contributed by atoms with Crippen LogP contribution in [0.5, 0.6) is 0 Å². The number of amides is 1. The van der Waals surface area contributed by atoms with Crippen LogP contribution in [0.4, 0.5) is 0 Å². The van der Waals surface area contributed by atoms with Gasteiger partial charge < -0.3 is 5.32 Å². The second-order valence-corrected chi connectivity index (χ2v) is 4.17. The second-order valence-electron chi connectivity index (χ2n) is 2.67. The molecule has 1 N–H and O–H groups in total. The predicted octanol–water partition coefficient (Wildman–Crippen LogP) is 2.16. The third-order valence-electron chi connectivity index (χ3n) is 1.89. The zero-order valence-electron chi connectivity index (χ0n) is 7.23. The van der Waals surface area contributed by atoms with Crippen molar-refractivity contribution in [2.45, 2.75) is 24.2 Å². The van der Waals surface area contributed by atoms with E-state index in [4.69, 9.17) is 0 Å². The molecule has 0 aliphatic carbocycles. The molecule has 0 bridgehead atoms. The summed E-state index contributed by atoms with van der Waals surface area (Å²) < 4.78 is 0.326. The van der Waals surface area contributed by atoms with Crippen LogP contribution >= 0.6 is 22.6 Å². The number of nitrogens with one attached hydrogen (secondary N) is 1. The molecule has 0 radical (unpaired) electrons. The third-order valence-corrected chi connectivity index (χ3v) is 3.00. The number of carbonyl (C=O) groups is 1. The van der Waals surface area contributed by atoms with Gasteiger partial charge >= 0.3 is 0 Å². The summed E-state index contributed by atoms with van der Waals surface area (Å²) in [6, 6.07) is 0. The zero-order chi connectivity index (χ0) is 9.14. The molecular formula is C9H12INO. The lowest BCUT2D eigenvalue weighted by Crippen LogP contribution is -2.33.